The zero-order valence-corrected chi connectivity index (χ0v) is 15.2. The lowest BCUT2D eigenvalue weighted by Crippen LogP contribution is -2.31. The zero-order chi connectivity index (χ0) is 17.9. The van der Waals surface area contributed by atoms with E-state index in [1.54, 1.807) is 0 Å². The molecule has 1 aliphatic heterocycles. The molecule has 0 radical (unpaired) electrons. The van der Waals surface area contributed by atoms with Crippen LogP contribution in [0, 0.1) is 0 Å². The third-order valence-electron chi connectivity index (χ3n) is 4.62. The van der Waals surface area contributed by atoms with Crippen molar-refractivity contribution in [1.82, 2.24) is 4.72 Å². The number of nitrogens with zero attached hydrogens (tertiary/aromatic N) is 1. The van der Waals surface area contributed by atoms with Crippen molar-refractivity contribution in [3.8, 4) is 0 Å². The van der Waals surface area contributed by atoms with E-state index in [4.69, 9.17) is 0 Å². The summed E-state index contributed by atoms with van der Waals surface area (Å²) in [6.07, 6.45) is 0.565. The average molecular weight is 360 g/mol. The maximum Gasteiger partial charge on any atom is 0.212 e. The predicted octanol–water partition coefficient (Wildman–Crippen LogP) is 1.87. The molecule has 0 aliphatic carbocycles. The fourth-order valence-corrected chi connectivity index (χ4v) is 4.15. The number of rotatable bonds is 7. The minimum atomic E-state index is -3.42. The third-order valence-corrected chi connectivity index (χ3v) is 5.96. The molecule has 0 aromatic heterocycles. The van der Waals surface area contributed by atoms with Gasteiger partial charge in [-0.2, -0.15) is 0 Å². The van der Waals surface area contributed by atoms with E-state index in [2.05, 4.69) is 9.62 Å². The summed E-state index contributed by atoms with van der Waals surface area (Å²) in [6, 6.07) is 15.3. The summed E-state index contributed by atoms with van der Waals surface area (Å²) < 4.78 is 26.8. The second-order valence-corrected chi connectivity index (χ2v) is 8.40. The first-order valence-corrected chi connectivity index (χ1v) is 10.1. The number of nitrogens with one attached hydrogen (secondary N) is 1. The Morgan fingerprint density at radius 1 is 1.20 bits per heavy atom. The molecule has 134 valence electrons. The molecule has 1 atom stereocenters. The van der Waals surface area contributed by atoms with E-state index in [1.807, 2.05) is 55.6 Å². The SMILES string of the molecule is CN1CCc2cc(C(O)CNS(=O)(=O)CCc3ccccc3)ccc21. The number of hydrogen-bond acceptors (Lipinski definition) is 4. The van der Waals surface area contributed by atoms with Crippen molar-refractivity contribution in [2.24, 2.45) is 0 Å². The first-order chi connectivity index (χ1) is 11.9. The molecule has 6 heteroatoms. The molecule has 0 fully saturated rings. The van der Waals surface area contributed by atoms with E-state index >= 15 is 0 Å². The first-order valence-electron chi connectivity index (χ1n) is 8.48. The van der Waals surface area contributed by atoms with Gasteiger partial charge in [0.05, 0.1) is 11.9 Å². The number of sulfonamides is 1. The summed E-state index contributed by atoms with van der Waals surface area (Å²) in [4.78, 5) is 2.18. The first kappa shape index (κ1) is 17.9. The normalized spacial score (nSPS) is 15.2. The fourth-order valence-electron chi connectivity index (χ4n) is 3.09. The van der Waals surface area contributed by atoms with E-state index in [0.29, 0.717) is 6.42 Å². The molecule has 2 aromatic carbocycles. The monoisotopic (exact) mass is 360 g/mol. The molecule has 3 rings (SSSR count). The highest BCUT2D eigenvalue weighted by molar-refractivity contribution is 7.89. The number of aliphatic hydroxyl groups excluding tert-OH is 1. The highest BCUT2D eigenvalue weighted by Gasteiger charge is 2.19. The van der Waals surface area contributed by atoms with Gasteiger partial charge in [0.1, 0.15) is 0 Å². The standard InChI is InChI=1S/C19H24N2O3S/c1-21-11-9-16-13-17(7-8-18(16)21)19(22)14-20-25(23,24)12-10-15-5-3-2-4-6-15/h2-8,13,19-20,22H,9-12,14H2,1H3. The van der Waals surface area contributed by atoms with Crippen LogP contribution in [0.4, 0.5) is 5.69 Å². The summed E-state index contributed by atoms with van der Waals surface area (Å²) in [5.41, 5.74) is 4.11. The highest BCUT2D eigenvalue weighted by Crippen LogP contribution is 2.29. The molecule has 5 nitrogen and oxygen atoms in total. The summed E-state index contributed by atoms with van der Waals surface area (Å²) in [6.45, 7) is 0.965. The summed E-state index contributed by atoms with van der Waals surface area (Å²) in [7, 11) is -1.38. The summed E-state index contributed by atoms with van der Waals surface area (Å²) in [5.74, 6) is 0.0126. The lowest BCUT2D eigenvalue weighted by atomic mass is 10.0. The van der Waals surface area contributed by atoms with Crippen LogP contribution in [0.3, 0.4) is 0 Å². The van der Waals surface area contributed by atoms with Crippen molar-refractivity contribution in [1.29, 1.82) is 0 Å². The van der Waals surface area contributed by atoms with Crippen molar-refractivity contribution in [3.05, 3.63) is 65.2 Å². The maximum absolute atomic E-state index is 12.1. The van der Waals surface area contributed by atoms with Gasteiger partial charge in [0.25, 0.3) is 0 Å². The van der Waals surface area contributed by atoms with Crippen LogP contribution < -0.4 is 9.62 Å². The molecular formula is C19H24N2O3S. The van der Waals surface area contributed by atoms with Gasteiger partial charge in [0.15, 0.2) is 0 Å². The minimum absolute atomic E-state index is 0.00819. The van der Waals surface area contributed by atoms with Gasteiger partial charge in [0, 0.05) is 25.8 Å². The molecule has 2 N–H and O–H groups in total. The van der Waals surface area contributed by atoms with Crippen LogP contribution in [0.25, 0.3) is 0 Å². The van der Waals surface area contributed by atoms with Crippen LogP contribution >= 0.6 is 0 Å². The van der Waals surface area contributed by atoms with Crippen LogP contribution in [-0.2, 0) is 22.9 Å². The number of likely N-dealkylation sites (N-methyl/N-ethyl adjacent to an activating group) is 1. The van der Waals surface area contributed by atoms with Gasteiger partial charge in [-0.25, -0.2) is 13.1 Å². The van der Waals surface area contributed by atoms with Gasteiger partial charge in [-0.15, -0.1) is 0 Å². The number of anilines is 1. The largest absolute Gasteiger partial charge is 0.387 e. The van der Waals surface area contributed by atoms with Gasteiger partial charge >= 0.3 is 0 Å². The van der Waals surface area contributed by atoms with Crippen LogP contribution in [0.2, 0.25) is 0 Å². The Morgan fingerprint density at radius 2 is 1.96 bits per heavy atom. The van der Waals surface area contributed by atoms with Gasteiger partial charge in [-0.3, -0.25) is 0 Å². The molecule has 0 spiro atoms. The van der Waals surface area contributed by atoms with Gasteiger partial charge in [-0.1, -0.05) is 42.5 Å². The maximum atomic E-state index is 12.1. The summed E-state index contributed by atoms with van der Waals surface area (Å²) >= 11 is 0. The fraction of sp³-hybridized carbons (Fsp3) is 0.368. The van der Waals surface area contributed by atoms with Crippen molar-refractivity contribution in [2.75, 3.05) is 30.8 Å². The Labute approximate surface area is 149 Å². The molecule has 0 amide bonds. The molecule has 1 unspecified atom stereocenters. The molecule has 0 saturated heterocycles. The number of aryl methyl sites for hydroxylation is 1. The number of benzene rings is 2. The van der Waals surface area contributed by atoms with Crippen molar-refractivity contribution < 1.29 is 13.5 Å². The Kier molecular flexibility index (Phi) is 5.42. The van der Waals surface area contributed by atoms with Gasteiger partial charge < -0.3 is 10.0 Å². The smallest absolute Gasteiger partial charge is 0.212 e. The molecule has 25 heavy (non-hydrogen) atoms. The Morgan fingerprint density at radius 3 is 2.72 bits per heavy atom. The van der Waals surface area contributed by atoms with E-state index in [9.17, 15) is 13.5 Å². The Balaban J connectivity index is 1.55. The van der Waals surface area contributed by atoms with Crippen molar-refractivity contribution >= 4 is 15.7 Å². The van der Waals surface area contributed by atoms with E-state index in [-0.39, 0.29) is 12.3 Å². The van der Waals surface area contributed by atoms with Crippen LogP contribution in [0.5, 0.6) is 0 Å². The molecule has 1 heterocycles. The van der Waals surface area contributed by atoms with E-state index < -0.39 is 16.1 Å². The number of hydrogen-bond donors (Lipinski definition) is 2. The molecular weight excluding hydrogens is 336 g/mol. The summed E-state index contributed by atoms with van der Waals surface area (Å²) in [5, 5.41) is 10.3. The molecule has 0 saturated carbocycles. The zero-order valence-electron chi connectivity index (χ0n) is 14.4. The van der Waals surface area contributed by atoms with E-state index in [1.165, 1.54) is 11.3 Å². The highest BCUT2D eigenvalue weighted by atomic mass is 32.2. The van der Waals surface area contributed by atoms with Crippen LogP contribution in [-0.4, -0.2) is 39.4 Å². The number of fused-ring (bicyclic) bond motifs is 1. The molecule has 2 aromatic rings. The second kappa shape index (κ2) is 7.56. The van der Waals surface area contributed by atoms with Crippen molar-refractivity contribution in [2.45, 2.75) is 18.9 Å². The molecule has 0 bridgehead atoms. The topological polar surface area (TPSA) is 69.6 Å². The minimum Gasteiger partial charge on any atom is -0.387 e. The Bertz CT molecular complexity index is 822. The third kappa shape index (κ3) is 4.60. The quantitative estimate of drug-likeness (QED) is 0.791. The van der Waals surface area contributed by atoms with Gasteiger partial charge in [-0.05, 0) is 35.6 Å². The van der Waals surface area contributed by atoms with Crippen molar-refractivity contribution in [3.63, 3.8) is 0 Å². The van der Waals surface area contributed by atoms with Gasteiger partial charge in [0.2, 0.25) is 10.0 Å². The second-order valence-electron chi connectivity index (χ2n) is 6.48. The van der Waals surface area contributed by atoms with E-state index in [0.717, 1.165) is 24.1 Å². The van der Waals surface area contributed by atoms with Crippen LogP contribution in [0.1, 0.15) is 22.8 Å². The lowest BCUT2D eigenvalue weighted by molar-refractivity contribution is 0.182. The predicted molar refractivity (Wildman–Crippen MR) is 100 cm³/mol. The lowest BCUT2D eigenvalue weighted by Gasteiger charge is -2.15. The molecule has 1 aliphatic rings. The average Bonchev–Trinajstić information content (AvgIpc) is 2.99. The number of aliphatic hydroxyl groups is 1. The Hall–Kier alpha value is -1.89. The van der Waals surface area contributed by atoms with Crippen LogP contribution in [0.15, 0.2) is 48.5 Å².